The van der Waals surface area contributed by atoms with Crippen LogP contribution in [0.15, 0.2) is 0 Å². The molecule has 3 nitrogen and oxygen atoms in total. The van der Waals surface area contributed by atoms with Crippen LogP contribution in [-0.4, -0.2) is 5.48 Å². The Hall–Kier alpha value is 0.473. The first kappa shape index (κ1) is 17.9. The molecule has 0 rings (SSSR count). The molecule has 5 heavy (non-hydrogen) atoms. The topological polar surface area (TPSA) is 70.9 Å². The fourth-order valence-electron chi connectivity index (χ4n) is 0. The monoisotopic (exact) mass is 185 g/mol. The molecular formula is H2ClNO2Ru. The Labute approximate surface area is 43.5 Å². The molecule has 0 unspecified atom stereocenters. The summed E-state index contributed by atoms with van der Waals surface area (Å²) in [5.74, 6) is 0. The predicted octanol–water partition coefficient (Wildman–Crippen LogP) is 0.184. The molecule has 0 aliphatic carbocycles. The van der Waals surface area contributed by atoms with Crippen LogP contribution in [0.2, 0.25) is 0 Å². The summed E-state index contributed by atoms with van der Waals surface area (Å²) in [4.78, 5) is 7.25. The van der Waals surface area contributed by atoms with Gasteiger partial charge in [0.25, 0.3) is 0 Å². The average molecular weight is 185 g/mol. The van der Waals surface area contributed by atoms with E-state index in [9.17, 15) is 0 Å². The van der Waals surface area contributed by atoms with Gasteiger partial charge in [-0.1, -0.05) is 0 Å². The molecule has 0 spiro atoms. The van der Waals surface area contributed by atoms with Gasteiger partial charge in [0.1, 0.15) is 0 Å². The molecule has 5 heteroatoms. The normalized spacial score (nSPS) is 2.00. The quantitative estimate of drug-likeness (QED) is 0.495. The van der Waals surface area contributed by atoms with Crippen LogP contribution in [0.1, 0.15) is 0 Å². The maximum atomic E-state index is 7.25. The maximum absolute atomic E-state index is 7.25. The molecule has 0 aromatic rings. The van der Waals surface area contributed by atoms with E-state index in [0.29, 0.717) is 0 Å². The van der Waals surface area contributed by atoms with Gasteiger partial charge in [0.05, 0.1) is 0 Å². The molecule has 2 N–H and O–H groups in total. The van der Waals surface area contributed by atoms with E-state index in [1.54, 1.807) is 0 Å². The second-order valence-corrected chi connectivity index (χ2v) is 0. The van der Waals surface area contributed by atoms with E-state index in [1.807, 2.05) is 17.3 Å². The summed E-state index contributed by atoms with van der Waals surface area (Å²) in [5, 5.41) is 0. The van der Waals surface area contributed by atoms with Gasteiger partial charge in [0.15, 0.2) is 0 Å². The van der Waals surface area contributed by atoms with Crippen molar-refractivity contribution >= 4 is 9.69 Å². The van der Waals surface area contributed by atoms with Crippen molar-refractivity contribution < 1.29 is 22.8 Å². The largest absolute Gasteiger partial charge is 0.577 e. The van der Waals surface area contributed by atoms with Crippen LogP contribution < -0.4 is 0 Å². The maximum Gasteiger partial charge on any atom is -0.423 e. The summed E-state index contributed by atoms with van der Waals surface area (Å²) >= 11 is 1.82. The van der Waals surface area contributed by atoms with Crippen LogP contribution in [0.5, 0.6) is 0 Å². The Kier molecular flexibility index (Phi) is 862. The third-order valence-electron chi connectivity index (χ3n) is 0. The van der Waals surface area contributed by atoms with E-state index >= 15 is 0 Å². The van der Waals surface area contributed by atoms with E-state index in [1.165, 1.54) is 0 Å². The Morgan fingerprint density at radius 3 is 1.40 bits per heavy atom. The molecule has 0 aromatic heterocycles. The van der Waals surface area contributed by atoms with Crippen LogP contribution >= 0.6 is 9.69 Å². The zero-order valence-electron chi connectivity index (χ0n) is 2.09. The molecule has 34 valence electrons. The Morgan fingerprint density at radius 1 is 1.40 bits per heavy atom. The van der Waals surface area contributed by atoms with Crippen LogP contribution in [0.25, 0.3) is 5.59 Å². The molecular weight excluding hydrogens is 183 g/mol. The van der Waals surface area contributed by atoms with Gasteiger partial charge >= 0.3 is 27.0 Å². The van der Waals surface area contributed by atoms with E-state index in [2.05, 4.69) is 9.69 Å². The third kappa shape index (κ3) is 122. The van der Waals surface area contributed by atoms with Crippen molar-refractivity contribution in [3.8, 4) is 0 Å². The van der Waals surface area contributed by atoms with E-state index in [-0.39, 0.29) is 5.48 Å². The van der Waals surface area contributed by atoms with Crippen molar-refractivity contribution in [3.63, 3.8) is 0 Å². The molecule has 0 radical (unpaired) electrons. The average Bonchev–Trinajstić information content (AvgIpc) is 1.50. The predicted molar refractivity (Wildman–Crippen MR) is 16.2 cm³/mol. The van der Waals surface area contributed by atoms with Gasteiger partial charge in [-0.25, -0.2) is 0 Å². The van der Waals surface area contributed by atoms with Gasteiger partial charge in [0.2, 0.25) is 0 Å². The van der Waals surface area contributed by atoms with Crippen molar-refractivity contribution in [2.75, 3.05) is 0 Å². The summed E-state index contributed by atoms with van der Waals surface area (Å²) in [5.41, 5.74) is 5.75. The SMILES string of the molecule is O.[Cl][Ru+].[N-]=O. The Bertz CT molecular complexity index is 9.61. The van der Waals surface area contributed by atoms with Gasteiger partial charge in [-0.3, -0.25) is 0 Å². The van der Waals surface area contributed by atoms with Gasteiger partial charge in [-0.15, -0.1) is 0 Å². The summed E-state index contributed by atoms with van der Waals surface area (Å²) in [7, 11) is 4.57. The van der Waals surface area contributed by atoms with Crippen molar-refractivity contribution in [1.82, 2.24) is 0 Å². The molecule has 0 heterocycles. The molecule has 0 aliphatic rings. The van der Waals surface area contributed by atoms with Gasteiger partial charge in [0, 0.05) is 0 Å². The first-order valence-electron chi connectivity index (χ1n) is 0.316. The van der Waals surface area contributed by atoms with E-state index in [4.69, 9.17) is 10.5 Å². The van der Waals surface area contributed by atoms with Gasteiger partial charge in [-0.05, 0) is 0 Å². The van der Waals surface area contributed by atoms with Gasteiger partial charge in [-0.2, -0.15) is 0 Å². The molecule has 0 amide bonds. The van der Waals surface area contributed by atoms with Crippen molar-refractivity contribution in [3.05, 3.63) is 10.5 Å². The Morgan fingerprint density at radius 2 is 1.40 bits per heavy atom. The fourth-order valence-corrected chi connectivity index (χ4v) is 0. The smallest absolute Gasteiger partial charge is 0.423 e. The van der Waals surface area contributed by atoms with E-state index in [0.717, 1.165) is 0 Å². The first-order valence-corrected chi connectivity index (χ1v) is 2.55. The van der Waals surface area contributed by atoms with Crippen LogP contribution in [0.4, 0.5) is 0 Å². The molecule has 0 saturated carbocycles. The standard InChI is InChI=1S/ClH.NO.H2O.Ru/c;1-2;;/h1H;;1H2;/q;-1;;+2/p-1. The Balaban J connectivity index is -0.0000000133. The zero-order valence-corrected chi connectivity index (χ0v) is 4.58. The van der Waals surface area contributed by atoms with Crippen molar-refractivity contribution in [2.24, 2.45) is 0 Å². The summed E-state index contributed by atoms with van der Waals surface area (Å²) in [6.07, 6.45) is 0. The van der Waals surface area contributed by atoms with Crippen LogP contribution in [0.3, 0.4) is 0 Å². The number of hydrogen-bond acceptors (Lipinski definition) is 1. The van der Waals surface area contributed by atoms with Crippen molar-refractivity contribution in [1.29, 1.82) is 0 Å². The summed E-state index contributed by atoms with van der Waals surface area (Å²) in [6.45, 7) is 0. The number of hydrogen-bond donors (Lipinski definition) is 0. The van der Waals surface area contributed by atoms with Gasteiger partial charge < -0.3 is 16.0 Å². The first-order chi connectivity index (χ1) is 2.00. The number of halogens is 1. The molecule has 0 bridgehead atoms. The minimum atomic E-state index is 0. The zero-order chi connectivity index (χ0) is 4.00. The van der Waals surface area contributed by atoms with Crippen molar-refractivity contribution in [2.45, 2.75) is 0 Å². The number of nitrogens with zero attached hydrogens (tertiary/aromatic N) is 1. The second kappa shape index (κ2) is 241. The summed E-state index contributed by atoms with van der Waals surface area (Å²) in [6, 6.07) is 0. The second-order valence-electron chi connectivity index (χ2n) is 0. The van der Waals surface area contributed by atoms with E-state index < -0.39 is 0 Å². The minimum absolute atomic E-state index is 0. The number of nitroso groups, excluding NO2 is 1. The van der Waals surface area contributed by atoms with Crippen LogP contribution in [-0.2, 0) is 17.3 Å². The molecule has 0 fully saturated rings. The molecule has 0 saturated heterocycles. The molecule has 0 aromatic carbocycles. The summed E-state index contributed by atoms with van der Waals surface area (Å²) < 4.78 is 0. The van der Waals surface area contributed by atoms with Crippen LogP contribution in [0, 0.1) is 4.91 Å². The molecule has 0 aliphatic heterocycles. The molecule has 0 atom stereocenters. The fraction of sp³-hybridized carbons (Fsp3) is 0. The number of rotatable bonds is 0. The third-order valence-corrected chi connectivity index (χ3v) is 0. The minimum Gasteiger partial charge on any atom is -0.577 e.